The number of carbonyl (C=O) groups excluding carboxylic acids is 1. The number of nitrogens with one attached hydrogen (secondary N) is 1. The monoisotopic (exact) mass is 275 g/mol. The summed E-state index contributed by atoms with van der Waals surface area (Å²) in [5, 5.41) is 13.5. The lowest BCUT2D eigenvalue weighted by atomic mass is 10.1. The van der Waals surface area contributed by atoms with Crippen molar-refractivity contribution in [3.8, 4) is 6.07 Å². The minimum absolute atomic E-state index is 0.123. The van der Waals surface area contributed by atoms with Crippen molar-refractivity contribution in [2.75, 3.05) is 11.1 Å². The predicted octanol–water partition coefficient (Wildman–Crippen LogP) is 2.90. The van der Waals surface area contributed by atoms with Gasteiger partial charge in [-0.1, -0.05) is 0 Å². The molecule has 2 rings (SSSR count). The zero-order valence-electron chi connectivity index (χ0n) is 10.0. The molecule has 0 fully saturated rings. The summed E-state index contributed by atoms with van der Waals surface area (Å²) < 4.78 is 13.5. The zero-order valence-corrected chi connectivity index (χ0v) is 10.8. The molecule has 0 saturated heterocycles. The summed E-state index contributed by atoms with van der Waals surface area (Å²) in [7, 11) is 0. The summed E-state index contributed by atoms with van der Waals surface area (Å²) in [6.07, 6.45) is 0. The first-order valence-corrected chi connectivity index (χ1v) is 6.25. The Kier molecular flexibility index (Phi) is 3.49. The van der Waals surface area contributed by atoms with E-state index in [1.165, 1.54) is 17.4 Å². The maximum atomic E-state index is 13.5. The maximum Gasteiger partial charge on any atom is 0.256 e. The van der Waals surface area contributed by atoms with E-state index in [0.717, 1.165) is 6.07 Å². The molecule has 3 N–H and O–H groups in total. The number of hydrogen-bond donors (Lipinski definition) is 2. The average Bonchev–Trinajstić information content (AvgIpc) is 2.82. The van der Waals surface area contributed by atoms with Gasteiger partial charge >= 0.3 is 0 Å². The van der Waals surface area contributed by atoms with Crippen LogP contribution >= 0.6 is 11.3 Å². The Morgan fingerprint density at radius 1 is 1.53 bits per heavy atom. The Hall–Kier alpha value is -2.39. The second-order valence-electron chi connectivity index (χ2n) is 3.90. The Morgan fingerprint density at radius 3 is 2.89 bits per heavy atom. The van der Waals surface area contributed by atoms with Crippen LogP contribution in [-0.2, 0) is 0 Å². The summed E-state index contributed by atoms with van der Waals surface area (Å²) in [6.45, 7) is 1.54. The molecule has 1 heterocycles. The molecule has 19 heavy (non-hydrogen) atoms. The van der Waals surface area contributed by atoms with E-state index in [1.54, 1.807) is 18.4 Å². The van der Waals surface area contributed by atoms with E-state index in [-0.39, 0.29) is 11.3 Å². The SMILES string of the molecule is Cc1c(N)cc(C(=O)Nc2sccc2C#N)cc1F. The number of benzene rings is 1. The van der Waals surface area contributed by atoms with Crippen molar-refractivity contribution in [2.45, 2.75) is 6.92 Å². The van der Waals surface area contributed by atoms with Gasteiger partial charge in [0.2, 0.25) is 0 Å². The first-order valence-electron chi connectivity index (χ1n) is 5.37. The first-order chi connectivity index (χ1) is 9.02. The van der Waals surface area contributed by atoms with Gasteiger partial charge in [0.1, 0.15) is 16.9 Å². The highest BCUT2D eigenvalue weighted by molar-refractivity contribution is 7.14. The fourth-order valence-electron chi connectivity index (χ4n) is 1.50. The van der Waals surface area contributed by atoms with Crippen LogP contribution in [0.3, 0.4) is 0 Å². The third-order valence-electron chi connectivity index (χ3n) is 2.66. The van der Waals surface area contributed by atoms with Gasteiger partial charge in [-0.3, -0.25) is 4.79 Å². The second kappa shape index (κ2) is 5.08. The smallest absolute Gasteiger partial charge is 0.256 e. The lowest BCUT2D eigenvalue weighted by Gasteiger charge is -2.07. The van der Waals surface area contributed by atoms with E-state index in [1.807, 2.05) is 6.07 Å². The first kappa shape index (κ1) is 13.1. The Bertz CT molecular complexity index is 664. The topological polar surface area (TPSA) is 78.9 Å². The quantitative estimate of drug-likeness (QED) is 0.827. The summed E-state index contributed by atoms with van der Waals surface area (Å²) in [6, 6.07) is 6.10. The number of rotatable bonds is 2. The van der Waals surface area contributed by atoms with Crippen molar-refractivity contribution in [3.63, 3.8) is 0 Å². The van der Waals surface area contributed by atoms with E-state index in [4.69, 9.17) is 11.0 Å². The molecule has 0 unspecified atom stereocenters. The average molecular weight is 275 g/mol. The highest BCUT2D eigenvalue weighted by Crippen LogP contribution is 2.24. The van der Waals surface area contributed by atoms with Crippen LogP contribution in [0.2, 0.25) is 0 Å². The second-order valence-corrected chi connectivity index (χ2v) is 4.82. The molecule has 0 bridgehead atoms. The molecular weight excluding hydrogens is 265 g/mol. The van der Waals surface area contributed by atoms with Crippen molar-refractivity contribution < 1.29 is 9.18 Å². The van der Waals surface area contributed by atoms with Crippen molar-refractivity contribution in [1.82, 2.24) is 0 Å². The number of halogens is 1. The Balaban J connectivity index is 2.29. The maximum absolute atomic E-state index is 13.5. The summed E-state index contributed by atoms with van der Waals surface area (Å²) in [5.74, 6) is -1.03. The van der Waals surface area contributed by atoms with E-state index in [2.05, 4.69) is 5.32 Å². The van der Waals surface area contributed by atoms with Gasteiger partial charge in [-0.25, -0.2) is 4.39 Å². The third kappa shape index (κ3) is 2.56. The van der Waals surface area contributed by atoms with Crippen LogP contribution in [0.5, 0.6) is 0 Å². The third-order valence-corrected chi connectivity index (χ3v) is 3.49. The molecule has 0 aliphatic heterocycles. The normalized spacial score (nSPS) is 9.95. The number of anilines is 2. The van der Waals surface area contributed by atoms with Gasteiger partial charge in [0.05, 0.1) is 5.56 Å². The minimum Gasteiger partial charge on any atom is -0.398 e. The number of nitrogens with two attached hydrogens (primary N) is 1. The molecule has 4 nitrogen and oxygen atoms in total. The lowest BCUT2D eigenvalue weighted by Crippen LogP contribution is -2.13. The molecule has 0 spiro atoms. The molecule has 0 aliphatic rings. The van der Waals surface area contributed by atoms with Crippen molar-refractivity contribution >= 4 is 27.9 Å². The van der Waals surface area contributed by atoms with Gasteiger partial charge in [-0.15, -0.1) is 11.3 Å². The van der Waals surface area contributed by atoms with Crippen LogP contribution < -0.4 is 11.1 Å². The molecule has 2 aromatic rings. The van der Waals surface area contributed by atoms with E-state index >= 15 is 0 Å². The fraction of sp³-hybridized carbons (Fsp3) is 0.0769. The van der Waals surface area contributed by atoms with Crippen LogP contribution in [0.1, 0.15) is 21.5 Å². The molecule has 1 aromatic carbocycles. The van der Waals surface area contributed by atoms with E-state index < -0.39 is 11.7 Å². The van der Waals surface area contributed by atoms with Gasteiger partial charge in [-0.2, -0.15) is 5.26 Å². The molecular formula is C13H10FN3OS. The molecule has 1 aromatic heterocycles. The van der Waals surface area contributed by atoms with Gasteiger partial charge in [0.15, 0.2) is 0 Å². The predicted molar refractivity (Wildman–Crippen MR) is 72.5 cm³/mol. The number of amides is 1. The largest absolute Gasteiger partial charge is 0.398 e. The van der Waals surface area contributed by atoms with Crippen molar-refractivity contribution in [2.24, 2.45) is 0 Å². The number of nitrogen functional groups attached to an aromatic ring is 1. The van der Waals surface area contributed by atoms with E-state index in [0.29, 0.717) is 16.1 Å². The number of nitriles is 1. The molecule has 96 valence electrons. The van der Waals surface area contributed by atoms with Crippen LogP contribution in [-0.4, -0.2) is 5.91 Å². The lowest BCUT2D eigenvalue weighted by molar-refractivity contribution is 0.102. The van der Waals surface area contributed by atoms with Crippen LogP contribution in [0.15, 0.2) is 23.6 Å². The summed E-state index contributed by atoms with van der Waals surface area (Å²) in [4.78, 5) is 12.0. The fourth-order valence-corrected chi connectivity index (χ4v) is 2.23. The Morgan fingerprint density at radius 2 is 2.26 bits per heavy atom. The molecule has 0 atom stereocenters. The van der Waals surface area contributed by atoms with Gasteiger partial charge in [0, 0.05) is 16.8 Å². The Labute approximate surface area is 113 Å². The number of thiophene rings is 1. The highest BCUT2D eigenvalue weighted by atomic mass is 32.1. The van der Waals surface area contributed by atoms with Crippen molar-refractivity contribution in [1.29, 1.82) is 5.26 Å². The van der Waals surface area contributed by atoms with Crippen molar-refractivity contribution in [3.05, 3.63) is 46.1 Å². The number of carbonyl (C=O) groups is 1. The standard InChI is InChI=1S/C13H10FN3OS/c1-7-10(14)4-9(5-11(7)16)12(18)17-13-8(6-15)2-3-19-13/h2-5H,16H2,1H3,(H,17,18). The molecule has 1 amide bonds. The minimum atomic E-state index is -0.531. The van der Waals surface area contributed by atoms with Gasteiger partial charge in [-0.05, 0) is 30.5 Å². The van der Waals surface area contributed by atoms with Gasteiger partial charge in [0.25, 0.3) is 5.91 Å². The van der Waals surface area contributed by atoms with Gasteiger partial charge < -0.3 is 11.1 Å². The number of nitrogens with zero attached hydrogens (tertiary/aromatic N) is 1. The van der Waals surface area contributed by atoms with Crippen LogP contribution in [0, 0.1) is 24.1 Å². The molecule has 0 radical (unpaired) electrons. The summed E-state index contributed by atoms with van der Waals surface area (Å²) in [5.41, 5.74) is 6.65. The summed E-state index contributed by atoms with van der Waals surface area (Å²) >= 11 is 1.23. The van der Waals surface area contributed by atoms with Crippen LogP contribution in [0.4, 0.5) is 15.1 Å². The number of hydrogen-bond acceptors (Lipinski definition) is 4. The zero-order chi connectivity index (χ0) is 14.0. The molecule has 0 saturated carbocycles. The highest BCUT2D eigenvalue weighted by Gasteiger charge is 2.13. The molecule has 0 aliphatic carbocycles. The van der Waals surface area contributed by atoms with E-state index in [9.17, 15) is 9.18 Å². The van der Waals surface area contributed by atoms with Crippen LogP contribution in [0.25, 0.3) is 0 Å². The molecule has 6 heteroatoms.